The highest BCUT2D eigenvalue weighted by Gasteiger charge is 2.16. The lowest BCUT2D eigenvalue weighted by molar-refractivity contribution is 0.577. The Hall–Kier alpha value is -0.610. The van der Waals surface area contributed by atoms with Gasteiger partial charge in [-0.05, 0) is 32.7 Å². The Morgan fingerprint density at radius 3 is 2.56 bits per heavy atom. The Balaban J connectivity index is 2.67. The fraction of sp³-hybridized carbons (Fsp3) is 0.786. The highest BCUT2D eigenvalue weighted by molar-refractivity contribution is 7.15. The second kappa shape index (κ2) is 7.74. The van der Waals surface area contributed by atoms with Gasteiger partial charge in [-0.3, -0.25) is 0 Å². The predicted octanol–water partition coefficient (Wildman–Crippen LogP) is 3.83. The van der Waals surface area contributed by atoms with Crippen LogP contribution in [0.2, 0.25) is 0 Å². The van der Waals surface area contributed by atoms with Crippen LogP contribution < -0.4 is 10.2 Å². The van der Waals surface area contributed by atoms with Crippen molar-refractivity contribution in [3.05, 3.63) is 11.1 Å². The predicted molar refractivity (Wildman–Crippen MR) is 81.6 cm³/mol. The zero-order chi connectivity index (χ0) is 13.5. The molecule has 0 aliphatic carbocycles. The zero-order valence-corrected chi connectivity index (χ0v) is 13.2. The Labute approximate surface area is 116 Å². The molecule has 1 N–H and O–H groups in total. The Kier molecular flexibility index (Phi) is 6.65. The summed E-state index contributed by atoms with van der Waals surface area (Å²) >= 11 is 1.81. The molecule has 0 aliphatic rings. The summed E-state index contributed by atoms with van der Waals surface area (Å²) in [7, 11) is 2.16. The van der Waals surface area contributed by atoms with E-state index in [0.29, 0.717) is 12.1 Å². The lowest BCUT2D eigenvalue weighted by Gasteiger charge is -2.25. The molecule has 0 spiro atoms. The van der Waals surface area contributed by atoms with Gasteiger partial charge in [0.15, 0.2) is 5.13 Å². The van der Waals surface area contributed by atoms with Crippen LogP contribution >= 0.6 is 11.3 Å². The molecule has 1 heterocycles. The van der Waals surface area contributed by atoms with Crippen LogP contribution in [0.1, 0.15) is 57.9 Å². The van der Waals surface area contributed by atoms with E-state index >= 15 is 0 Å². The summed E-state index contributed by atoms with van der Waals surface area (Å²) in [5, 5.41) is 4.65. The lowest BCUT2D eigenvalue weighted by Crippen LogP contribution is -2.30. The molecule has 0 fully saturated rings. The number of rotatable bonds is 8. The molecule has 18 heavy (non-hydrogen) atoms. The molecule has 0 radical (unpaired) electrons. The molecule has 104 valence electrons. The van der Waals surface area contributed by atoms with Gasteiger partial charge in [0.05, 0.1) is 0 Å². The average molecular weight is 269 g/mol. The van der Waals surface area contributed by atoms with E-state index in [-0.39, 0.29) is 0 Å². The molecule has 1 rings (SSSR count). The minimum absolute atomic E-state index is 0.409. The highest BCUT2D eigenvalue weighted by Crippen LogP contribution is 2.28. The minimum Gasteiger partial charge on any atom is -0.348 e. The maximum absolute atomic E-state index is 4.57. The van der Waals surface area contributed by atoms with Crippen LogP contribution in [-0.4, -0.2) is 24.6 Å². The third-order valence-electron chi connectivity index (χ3n) is 3.43. The standard InChI is InChI=1S/C14H27N3S/c1-6-9-15-11(4)13-10-16-14(18-13)17(5)12(7-2)8-3/h10-12,15H,6-9H2,1-5H3. The largest absolute Gasteiger partial charge is 0.348 e. The first-order valence-corrected chi connectivity index (χ1v) is 7.87. The van der Waals surface area contributed by atoms with Crippen molar-refractivity contribution in [3.63, 3.8) is 0 Å². The maximum atomic E-state index is 4.57. The van der Waals surface area contributed by atoms with Gasteiger partial charge in [-0.25, -0.2) is 4.98 Å². The van der Waals surface area contributed by atoms with E-state index in [1.165, 1.54) is 24.1 Å². The maximum Gasteiger partial charge on any atom is 0.185 e. The number of nitrogens with one attached hydrogen (secondary N) is 1. The summed E-state index contributed by atoms with van der Waals surface area (Å²) in [6.45, 7) is 9.95. The summed E-state index contributed by atoms with van der Waals surface area (Å²) in [6, 6.07) is 1.01. The molecule has 0 saturated heterocycles. The number of anilines is 1. The molecule has 0 aliphatic heterocycles. The van der Waals surface area contributed by atoms with E-state index in [4.69, 9.17) is 0 Å². The van der Waals surface area contributed by atoms with E-state index in [9.17, 15) is 0 Å². The smallest absolute Gasteiger partial charge is 0.185 e. The summed E-state index contributed by atoms with van der Waals surface area (Å²) < 4.78 is 0. The van der Waals surface area contributed by atoms with Gasteiger partial charge < -0.3 is 10.2 Å². The average Bonchev–Trinajstić information content (AvgIpc) is 2.86. The minimum atomic E-state index is 0.409. The molecule has 0 bridgehead atoms. The monoisotopic (exact) mass is 269 g/mol. The summed E-state index contributed by atoms with van der Waals surface area (Å²) in [4.78, 5) is 8.22. The Bertz CT molecular complexity index is 334. The van der Waals surface area contributed by atoms with Crippen molar-refractivity contribution < 1.29 is 0 Å². The summed E-state index contributed by atoms with van der Waals surface area (Å²) in [5.41, 5.74) is 0. The molecule has 4 heteroatoms. The second-order valence-corrected chi connectivity index (χ2v) is 5.84. The topological polar surface area (TPSA) is 28.2 Å². The second-order valence-electron chi connectivity index (χ2n) is 4.80. The van der Waals surface area contributed by atoms with Crippen molar-refractivity contribution in [3.8, 4) is 0 Å². The molecule has 0 aromatic carbocycles. The van der Waals surface area contributed by atoms with Crippen LogP contribution in [0.5, 0.6) is 0 Å². The Morgan fingerprint density at radius 1 is 1.33 bits per heavy atom. The van der Waals surface area contributed by atoms with Crippen LogP contribution in [0, 0.1) is 0 Å². The number of nitrogens with zero attached hydrogens (tertiary/aromatic N) is 2. The van der Waals surface area contributed by atoms with E-state index < -0.39 is 0 Å². The third kappa shape index (κ3) is 3.95. The molecule has 1 aromatic heterocycles. The molecular formula is C14H27N3S. The van der Waals surface area contributed by atoms with Gasteiger partial charge in [-0.1, -0.05) is 20.8 Å². The van der Waals surface area contributed by atoms with Gasteiger partial charge in [0, 0.05) is 30.2 Å². The van der Waals surface area contributed by atoms with Crippen molar-refractivity contribution in [2.75, 3.05) is 18.5 Å². The first-order valence-electron chi connectivity index (χ1n) is 7.05. The number of thiazole rings is 1. The Morgan fingerprint density at radius 2 is 2.00 bits per heavy atom. The summed E-state index contributed by atoms with van der Waals surface area (Å²) in [5.74, 6) is 0. The number of aromatic nitrogens is 1. The van der Waals surface area contributed by atoms with Gasteiger partial charge in [-0.15, -0.1) is 11.3 Å². The van der Waals surface area contributed by atoms with E-state index in [2.05, 4.69) is 49.9 Å². The normalized spacial score (nSPS) is 13.0. The molecule has 1 atom stereocenters. The molecule has 3 nitrogen and oxygen atoms in total. The van der Waals surface area contributed by atoms with Crippen LogP contribution in [0.4, 0.5) is 5.13 Å². The summed E-state index contributed by atoms with van der Waals surface area (Å²) in [6.07, 6.45) is 5.53. The van der Waals surface area contributed by atoms with Gasteiger partial charge in [-0.2, -0.15) is 0 Å². The van der Waals surface area contributed by atoms with E-state index in [1.54, 1.807) is 0 Å². The highest BCUT2D eigenvalue weighted by atomic mass is 32.1. The molecular weight excluding hydrogens is 242 g/mol. The van der Waals surface area contributed by atoms with E-state index in [0.717, 1.165) is 11.7 Å². The van der Waals surface area contributed by atoms with Gasteiger partial charge in [0.2, 0.25) is 0 Å². The van der Waals surface area contributed by atoms with Gasteiger partial charge >= 0.3 is 0 Å². The SMILES string of the molecule is CCCNC(C)c1cnc(N(C)C(CC)CC)s1. The molecule has 1 aromatic rings. The van der Waals surface area contributed by atoms with Gasteiger partial charge in [0.25, 0.3) is 0 Å². The van der Waals surface area contributed by atoms with Crippen molar-refractivity contribution in [1.29, 1.82) is 0 Å². The lowest BCUT2D eigenvalue weighted by atomic mass is 10.1. The van der Waals surface area contributed by atoms with Crippen molar-refractivity contribution >= 4 is 16.5 Å². The zero-order valence-electron chi connectivity index (χ0n) is 12.4. The number of hydrogen-bond donors (Lipinski definition) is 1. The van der Waals surface area contributed by atoms with Crippen LogP contribution in [0.25, 0.3) is 0 Å². The first kappa shape index (κ1) is 15.4. The molecule has 0 saturated carbocycles. The quantitative estimate of drug-likeness (QED) is 0.777. The van der Waals surface area contributed by atoms with Crippen molar-refractivity contribution in [1.82, 2.24) is 10.3 Å². The van der Waals surface area contributed by atoms with Crippen LogP contribution in [-0.2, 0) is 0 Å². The molecule has 1 unspecified atom stereocenters. The fourth-order valence-corrected chi connectivity index (χ4v) is 3.07. The van der Waals surface area contributed by atoms with Crippen molar-refractivity contribution in [2.45, 2.75) is 59.0 Å². The van der Waals surface area contributed by atoms with Crippen LogP contribution in [0.15, 0.2) is 6.20 Å². The molecule has 0 amide bonds. The van der Waals surface area contributed by atoms with Crippen LogP contribution in [0.3, 0.4) is 0 Å². The van der Waals surface area contributed by atoms with Crippen molar-refractivity contribution in [2.24, 2.45) is 0 Å². The van der Waals surface area contributed by atoms with Gasteiger partial charge in [0.1, 0.15) is 0 Å². The van der Waals surface area contributed by atoms with E-state index in [1.807, 2.05) is 17.5 Å². The third-order valence-corrected chi connectivity index (χ3v) is 4.70. The number of hydrogen-bond acceptors (Lipinski definition) is 4. The first-order chi connectivity index (χ1) is 8.63. The fourth-order valence-electron chi connectivity index (χ4n) is 2.09.